The monoisotopic (exact) mass is 301 g/mol. The van der Waals surface area contributed by atoms with Crippen molar-refractivity contribution >= 4 is 11.8 Å². The van der Waals surface area contributed by atoms with E-state index in [1.54, 1.807) is 11.8 Å². The zero-order chi connectivity index (χ0) is 14.5. The van der Waals surface area contributed by atoms with Crippen molar-refractivity contribution in [2.75, 3.05) is 38.8 Å². The SMILES string of the molecule is COc1cc(F)c(C2CCCN(CCSC)C2)c(F)c1. The van der Waals surface area contributed by atoms with Crippen LogP contribution in [-0.2, 0) is 0 Å². The second-order valence-corrected chi connectivity index (χ2v) is 6.12. The number of rotatable bonds is 5. The van der Waals surface area contributed by atoms with Gasteiger partial charge in [-0.3, -0.25) is 0 Å². The number of ether oxygens (including phenoxy) is 1. The van der Waals surface area contributed by atoms with E-state index in [1.807, 2.05) is 0 Å². The van der Waals surface area contributed by atoms with Crippen molar-refractivity contribution in [2.24, 2.45) is 0 Å². The van der Waals surface area contributed by atoms with E-state index in [0.29, 0.717) is 0 Å². The molecule has 0 bridgehead atoms. The smallest absolute Gasteiger partial charge is 0.133 e. The Morgan fingerprint density at radius 3 is 2.65 bits per heavy atom. The van der Waals surface area contributed by atoms with Gasteiger partial charge in [0.2, 0.25) is 0 Å². The Balaban J connectivity index is 2.14. The average molecular weight is 301 g/mol. The molecular formula is C15H21F2NOS. The summed E-state index contributed by atoms with van der Waals surface area (Å²) in [6.45, 7) is 2.74. The topological polar surface area (TPSA) is 12.5 Å². The third kappa shape index (κ3) is 3.64. The van der Waals surface area contributed by atoms with Crippen LogP contribution in [0.5, 0.6) is 5.75 Å². The molecule has 0 spiro atoms. The van der Waals surface area contributed by atoms with Gasteiger partial charge in [-0.15, -0.1) is 0 Å². The Labute approximate surface area is 123 Å². The Kier molecular flexibility index (Phi) is 5.66. The highest BCUT2D eigenvalue weighted by molar-refractivity contribution is 7.98. The van der Waals surface area contributed by atoms with Gasteiger partial charge in [0, 0.05) is 42.5 Å². The molecule has 0 aromatic heterocycles. The highest BCUT2D eigenvalue weighted by Gasteiger charge is 2.26. The molecule has 1 aromatic carbocycles. The number of hydrogen-bond donors (Lipinski definition) is 0. The van der Waals surface area contributed by atoms with E-state index in [2.05, 4.69) is 11.2 Å². The van der Waals surface area contributed by atoms with Crippen LogP contribution in [-0.4, -0.2) is 43.7 Å². The number of piperidine rings is 1. The van der Waals surface area contributed by atoms with Gasteiger partial charge in [0.1, 0.15) is 17.4 Å². The van der Waals surface area contributed by atoms with E-state index >= 15 is 0 Å². The van der Waals surface area contributed by atoms with E-state index < -0.39 is 11.6 Å². The lowest BCUT2D eigenvalue weighted by Gasteiger charge is -2.33. The van der Waals surface area contributed by atoms with Crippen molar-refractivity contribution in [3.05, 3.63) is 29.3 Å². The number of halogens is 2. The lowest BCUT2D eigenvalue weighted by Crippen LogP contribution is -2.36. The van der Waals surface area contributed by atoms with Crippen molar-refractivity contribution in [1.82, 2.24) is 4.90 Å². The first kappa shape index (κ1) is 15.6. The summed E-state index contributed by atoms with van der Waals surface area (Å²) in [5.74, 6) is 0.257. The first-order chi connectivity index (χ1) is 9.65. The van der Waals surface area contributed by atoms with Gasteiger partial charge in [0.05, 0.1) is 7.11 Å². The molecule has 0 amide bonds. The number of nitrogens with zero attached hydrogens (tertiary/aromatic N) is 1. The van der Waals surface area contributed by atoms with Crippen LogP contribution < -0.4 is 4.74 Å². The molecule has 1 saturated heterocycles. The van der Waals surface area contributed by atoms with Crippen LogP contribution in [0.4, 0.5) is 8.78 Å². The van der Waals surface area contributed by atoms with Crippen LogP contribution in [0.2, 0.25) is 0 Å². The van der Waals surface area contributed by atoms with Gasteiger partial charge in [-0.2, -0.15) is 11.8 Å². The molecule has 20 heavy (non-hydrogen) atoms. The number of thioether (sulfide) groups is 1. The zero-order valence-corrected chi connectivity index (χ0v) is 12.8. The maximum Gasteiger partial charge on any atom is 0.133 e. The molecule has 0 aliphatic carbocycles. The molecule has 0 N–H and O–H groups in total. The van der Waals surface area contributed by atoms with Gasteiger partial charge < -0.3 is 9.64 Å². The zero-order valence-electron chi connectivity index (χ0n) is 12.0. The van der Waals surface area contributed by atoms with Gasteiger partial charge in [-0.1, -0.05) is 0 Å². The van der Waals surface area contributed by atoms with Crippen molar-refractivity contribution in [3.63, 3.8) is 0 Å². The van der Waals surface area contributed by atoms with Gasteiger partial charge in [-0.05, 0) is 25.6 Å². The fourth-order valence-corrected chi connectivity index (χ4v) is 3.22. The van der Waals surface area contributed by atoms with Crippen LogP contribution in [0.1, 0.15) is 24.3 Å². The summed E-state index contributed by atoms with van der Waals surface area (Å²) < 4.78 is 33.1. The molecule has 1 unspecified atom stereocenters. The van der Waals surface area contributed by atoms with Gasteiger partial charge in [0.25, 0.3) is 0 Å². The number of hydrogen-bond acceptors (Lipinski definition) is 3. The molecule has 1 aromatic rings. The summed E-state index contributed by atoms with van der Waals surface area (Å²) in [6, 6.07) is 2.55. The Morgan fingerprint density at radius 2 is 2.05 bits per heavy atom. The van der Waals surface area contributed by atoms with E-state index in [-0.39, 0.29) is 17.2 Å². The predicted octanol–water partition coefficient (Wildman–Crippen LogP) is 3.52. The lowest BCUT2D eigenvalue weighted by molar-refractivity contribution is 0.215. The number of methoxy groups -OCH3 is 1. The third-order valence-electron chi connectivity index (χ3n) is 3.81. The maximum atomic E-state index is 14.1. The van der Waals surface area contributed by atoms with Crippen LogP contribution in [0, 0.1) is 11.6 Å². The minimum Gasteiger partial charge on any atom is -0.497 e. The predicted molar refractivity (Wildman–Crippen MR) is 79.7 cm³/mol. The van der Waals surface area contributed by atoms with Crippen LogP contribution in [0.3, 0.4) is 0 Å². The summed E-state index contributed by atoms with van der Waals surface area (Å²) in [4.78, 5) is 2.30. The maximum absolute atomic E-state index is 14.1. The molecular weight excluding hydrogens is 280 g/mol. The quantitative estimate of drug-likeness (QED) is 0.826. The molecule has 1 aliphatic rings. The second-order valence-electron chi connectivity index (χ2n) is 5.14. The molecule has 1 atom stereocenters. The van der Waals surface area contributed by atoms with Gasteiger partial charge in [-0.25, -0.2) is 8.78 Å². The number of benzene rings is 1. The molecule has 0 radical (unpaired) electrons. The fraction of sp³-hybridized carbons (Fsp3) is 0.600. The first-order valence-electron chi connectivity index (χ1n) is 6.90. The molecule has 1 heterocycles. The van der Waals surface area contributed by atoms with Crippen LogP contribution in [0.25, 0.3) is 0 Å². The molecule has 2 nitrogen and oxygen atoms in total. The fourth-order valence-electron chi connectivity index (χ4n) is 2.78. The lowest BCUT2D eigenvalue weighted by atomic mass is 9.89. The molecule has 112 valence electrons. The summed E-state index contributed by atoms with van der Waals surface area (Å²) in [5, 5.41) is 0. The first-order valence-corrected chi connectivity index (χ1v) is 8.29. The van der Waals surface area contributed by atoms with Crippen molar-refractivity contribution in [1.29, 1.82) is 0 Å². The molecule has 1 fully saturated rings. The highest BCUT2D eigenvalue weighted by Crippen LogP contribution is 2.32. The molecule has 1 aliphatic heterocycles. The molecule has 5 heteroatoms. The van der Waals surface area contributed by atoms with E-state index in [9.17, 15) is 8.78 Å². The van der Waals surface area contributed by atoms with Crippen molar-refractivity contribution in [2.45, 2.75) is 18.8 Å². The third-order valence-corrected chi connectivity index (χ3v) is 4.40. The minimum absolute atomic E-state index is 0.0588. The van der Waals surface area contributed by atoms with Crippen LogP contribution >= 0.6 is 11.8 Å². The van der Waals surface area contributed by atoms with E-state index in [4.69, 9.17) is 4.74 Å². The van der Waals surface area contributed by atoms with E-state index in [0.717, 1.165) is 38.2 Å². The summed E-state index contributed by atoms with van der Waals surface area (Å²) in [6.07, 6.45) is 3.91. The largest absolute Gasteiger partial charge is 0.497 e. The van der Waals surface area contributed by atoms with E-state index in [1.165, 1.54) is 19.2 Å². The Bertz CT molecular complexity index is 432. The average Bonchev–Trinajstić information content (AvgIpc) is 2.44. The summed E-state index contributed by atoms with van der Waals surface area (Å²) >= 11 is 1.80. The Hall–Kier alpha value is -0.810. The second kappa shape index (κ2) is 7.27. The summed E-state index contributed by atoms with van der Waals surface area (Å²) in [5.41, 5.74) is 0.222. The van der Waals surface area contributed by atoms with Crippen LogP contribution in [0.15, 0.2) is 12.1 Å². The number of likely N-dealkylation sites (tertiary alicyclic amines) is 1. The highest BCUT2D eigenvalue weighted by atomic mass is 32.2. The summed E-state index contributed by atoms with van der Waals surface area (Å²) in [7, 11) is 1.42. The minimum atomic E-state index is -0.487. The van der Waals surface area contributed by atoms with Gasteiger partial charge >= 0.3 is 0 Å². The van der Waals surface area contributed by atoms with Crippen molar-refractivity contribution < 1.29 is 13.5 Å². The van der Waals surface area contributed by atoms with Gasteiger partial charge in [0.15, 0.2) is 0 Å². The van der Waals surface area contributed by atoms with Crippen molar-refractivity contribution in [3.8, 4) is 5.75 Å². The standard InChI is InChI=1S/C15H21F2NOS/c1-19-12-8-13(16)15(14(17)9-12)11-4-3-5-18(10-11)6-7-20-2/h8-9,11H,3-7,10H2,1-2H3. The normalized spacial score (nSPS) is 20.1. The molecule has 2 rings (SSSR count). The Morgan fingerprint density at radius 1 is 1.35 bits per heavy atom. The molecule has 0 saturated carbocycles.